The molecule has 0 aromatic heterocycles. The first-order valence-electron chi connectivity index (χ1n) is 12.2. The van der Waals surface area contributed by atoms with Crippen LogP contribution in [0.3, 0.4) is 0 Å². The van der Waals surface area contributed by atoms with Gasteiger partial charge in [0.25, 0.3) is 0 Å². The van der Waals surface area contributed by atoms with E-state index < -0.39 is 6.04 Å². The average Bonchev–Trinajstić information content (AvgIpc) is 2.90. The molecule has 0 spiro atoms. The van der Waals surface area contributed by atoms with E-state index in [-0.39, 0.29) is 24.1 Å². The van der Waals surface area contributed by atoms with Crippen LogP contribution in [-0.2, 0) is 28.3 Å². The summed E-state index contributed by atoms with van der Waals surface area (Å²) in [5.74, 6) is 0.509. The second kappa shape index (κ2) is 15.3. The Bertz CT molecular complexity index is 1180. The molecule has 1 atom stereocenters. The van der Waals surface area contributed by atoms with Gasteiger partial charge in [-0.15, -0.1) is 11.8 Å². The standard InChI is InChI=1S/C29H31Cl3N2O2S/c1-2-3-15-33-29(36)27(17-21-9-5-4-6-10-21)34(18-22-13-14-25(31)26(32)16-22)28(35)20-37-19-23-11-7-8-12-24(23)30/h4-14,16,27H,2-3,15,17-20H2,1H3,(H,33,36)/t27-/m0/s1. The summed E-state index contributed by atoms with van der Waals surface area (Å²) in [5, 5.41) is 4.55. The molecular weight excluding hydrogens is 547 g/mol. The molecule has 37 heavy (non-hydrogen) atoms. The molecule has 3 rings (SSSR count). The van der Waals surface area contributed by atoms with Crippen molar-refractivity contribution in [2.45, 2.75) is 44.5 Å². The fourth-order valence-corrected chi connectivity index (χ4v) is 5.36. The predicted octanol–water partition coefficient (Wildman–Crippen LogP) is 7.44. The molecule has 2 amide bonds. The summed E-state index contributed by atoms with van der Waals surface area (Å²) in [7, 11) is 0. The molecule has 0 saturated heterocycles. The van der Waals surface area contributed by atoms with Gasteiger partial charge >= 0.3 is 0 Å². The average molecular weight is 578 g/mol. The number of amides is 2. The summed E-state index contributed by atoms with van der Waals surface area (Å²) in [6, 6.07) is 22.0. The summed E-state index contributed by atoms with van der Waals surface area (Å²) in [6.07, 6.45) is 2.24. The molecule has 0 aliphatic rings. The van der Waals surface area contributed by atoms with Crippen LogP contribution in [-0.4, -0.2) is 35.1 Å². The van der Waals surface area contributed by atoms with Crippen molar-refractivity contribution in [1.82, 2.24) is 10.2 Å². The van der Waals surface area contributed by atoms with E-state index >= 15 is 0 Å². The third-order valence-electron chi connectivity index (χ3n) is 5.88. The lowest BCUT2D eigenvalue weighted by molar-refractivity contribution is -0.139. The van der Waals surface area contributed by atoms with Crippen LogP contribution in [0.25, 0.3) is 0 Å². The molecule has 0 bridgehead atoms. The summed E-state index contributed by atoms with van der Waals surface area (Å²) >= 11 is 20.2. The molecule has 3 aromatic rings. The highest BCUT2D eigenvalue weighted by molar-refractivity contribution is 7.99. The van der Waals surface area contributed by atoms with Crippen molar-refractivity contribution in [3.63, 3.8) is 0 Å². The molecule has 3 aromatic carbocycles. The molecule has 8 heteroatoms. The number of benzene rings is 3. The van der Waals surface area contributed by atoms with Crippen LogP contribution in [0, 0.1) is 0 Å². The number of carbonyl (C=O) groups excluding carboxylic acids is 2. The minimum Gasteiger partial charge on any atom is -0.354 e. The number of nitrogens with one attached hydrogen (secondary N) is 1. The summed E-state index contributed by atoms with van der Waals surface area (Å²) in [6.45, 7) is 2.88. The van der Waals surface area contributed by atoms with E-state index in [1.807, 2.05) is 60.7 Å². The van der Waals surface area contributed by atoms with Crippen LogP contribution in [0.2, 0.25) is 15.1 Å². The van der Waals surface area contributed by atoms with Crippen LogP contribution in [0.15, 0.2) is 72.8 Å². The first-order valence-corrected chi connectivity index (χ1v) is 14.5. The van der Waals surface area contributed by atoms with Crippen LogP contribution in [0.1, 0.15) is 36.5 Å². The van der Waals surface area contributed by atoms with E-state index in [2.05, 4.69) is 12.2 Å². The van der Waals surface area contributed by atoms with Crippen molar-refractivity contribution in [2.75, 3.05) is 12.3 Å². The minimum absolute atomic E-state index is 0.130. The third kappa shape index (κ3) is 9.26. The van der Waals surface area contributed by atoms with Gasteiger partial charge in [0, 0.05) is 30.3 Å². The van der Waals surface area contributed by atoms with Crippen molar-refractivity contribution in [3.8, 4) is 0 Å². The maximum atomic E-state index is 13.7. The number of carbonyl (C=O) groups is 2. The van der Waals surface area contributed by atoms with E-state index in [1.54, 1.807) is 17.0 Å². The zero-order valence-electron chi connectivity index (χ0n) is 20.8. The molecule has 0 radical (unpaired) electrons. The number of nitrogens with zero attached hydrogens (tertiary/aromatic N) is 1. The Kier molecular flexibility index (Phi) is 12.1. The van der Waals surface area contributed by atoms with Gasteiger partial charge < -0.3 is 10.2 Å². The molecule has 0 heterocycles. The van der Waals surface area contributed by atoms with Crippen molar-refractivity contribution < 1.29 is 9.59 Å². The van der Waals surface area contributed by atoms with Crippen molar-refractivity contribution in [2.24, 2.45) is 0 Å². The number of halogens is 3. The minimum atomic E-state index is -0.679. The van der Waals surface area contributed by atoms with Gasteiger partial charge in [-0.05, 0) is 41.3 Å². The molecule has 0 unspecified atom stereocenters. The maximum absolute atomic E-state index is 13.7. The Balaban J connectivity index is 1.86. The summed E-state index contributed by atoms with van der Waals surface area (Å²) in [5.41, 5.74) is 2.75. The number of thioether (sulfide) groups is 1. The smallest absolute Gasteiger partial charge is 0.243 e. The molecule has 0 fully saturated rings. The highest BCUT2D eigenvalue weighted by atomic mass is 35.5. The Hall–Kier alpha value is -2.18. The molecule has 1 N–H and O–H groups in total. The molecule has 0 aliphatic heterocycles. The largest absolute Gasteiger partial charge is 0.354 e. The Morgan fingerprint density at radius 1 is 0.892 bits per heavy atom. The lowest BCUT2D eigenvalue weighted by atomic mass is 10.0. The SMILES string of the molecule is CCCCNC(=O)[C@H](Cc1ccccc1)N(Cc1ccc(Cl)c(Cl)c1)C(=O)CSCc1ccccc1Cl. The van der Waals surface area contributed by atoms with Crippen molar-refractivity contribution in [1.29, 1.82) is 0 Å². The lowest BCUT2D eigenvalue weighted by Gasteiger charge is -2.31. The van der Waals surface area contributed by atoms with E-state index in [1.165, 1.54) is 11.8 Å². The van der Waals surface area contributed by atoms with Crippen LogP contribution in [0.5, 0.6) is 0 Å². The van der Waals surface area contributed by atoms with Gasteiger partial charge in [-0.3, -0.25) is 9.59 Å². The summed E-state index contributed by atoms with van der Waals surface area (Å²) < 4.78 is 0. The Morgan fingerprint density at radius 3 is 2.32 bits per heavy atom. The third-order valence-corrected chi connectivity index (χ3v) is 7.95. The van der Waals surface area contributed by atoms with Gasteiger partial charge in [0.1, 0.15) is 6.04 Å². The second-order valence-corrected chi connectivity index (χ2v) is 10.9. The maximum Gasteiger partial charge on any atom is 0.243 e. The highest BCUT2D eigenvalue weighted by Gasteiger charge is 2.30. The van der Waals surface area contributed by atoms with E-state index in [0.29, 0.717) is 33.8 Å². The van der Waals surface area contributed by atoms with Gasteiger partial charge in [0.2, 0.25) is 11.8 Å². The lowest BCUT2D eigenvalue weighted by Crippen LogP contribution is -2.51. The van der Waals surface area contributed by atoms with Gasteiger partial charge in [-0.1, -0.05) is 103 Å². The van der Waals surface area contributed by atoms with E-state index in [0.717, 1.165) is 29.5 Å². The molecule has 196 valence electrons. The molecule has 0 aliphatic carbocycles. The number of rotatable bonds is 13. The first-order chi connectivity index (χ1) is 17.9. The number of unbranched alkanes of at least 4 members (excludes halogenated alkanes) is 1. The van der Waals surface area contributed by atoms with Gasteiger partial charge in [0.05, 0.1) is 15.8 Å². The second-order valence-electron chi connectivity index (χ2n) is 8.70. The van der Waals surface area contributed by atoms with E-state index in [4.69, 9.17) is 34.8 Å². The Labute approximate surface area is 238 Å². The fraction of sp³-hybridized carbons (Fsp3) is 0.310. The van der Waals surface area contributed by atoms with Crippen LogP contribution >= 0.6 is 46.6 Å². The monoisotopic (exact) mass is 576 g/mol. The summed E-state index contributed by atoms with van der Waals surface area (Å²) in [4.78, 5) is 28.8. The van der Waals surface area contributed by atoms with Crippen molar-refractivity contribution in [3.05, 3.63) is 105 Å². The normalized spacial score (nSPS) is 11.7. The number of hydrogen-bond donors (Lipinski definition) is 1. The zero-order valence-corrected chi connectivity index (χ0v) is 23.8. The van der Waals surface area contributed by atoms with Gasteiger partial charge in [-0.2, -0.15) is 0 Å². The molecular formula is C29H31Cl3N2O2S. The van der Waals surface area contributed by atoms with Crippen molar-refractivity contribution >= 4 is 58.4 Å². The van der Waals surface area contributed by atoms with Crippen LogP contribution in [0.4, 0.5) is 0 Å². The van der Waals surface area contributed by atoms with Crippen LogP contribution < -0.4 is 5.32 Å². The number of hydrogen-bond acceptors (Lipinski definition) is 3. The zero-order chi connectivity index (χ0) is 26.6. The highest BCUT2D eigenvalue weighted by Crippen LogP contribution is 2.25. The van der Waals surface area contributed by atoms with Gasteiger partial charge in [0.15, 0.2) is 0 Å². The molecule has 0 saturated carbocycles. The Morgan fingerprint density at radius 2 is 1.62 bits per heavy atom. The van der Waals surface area contributed by atoms with E-state index in [9.17, 15) is 9.59 Å². The topological polar surface area (TPSA) is 49.4 Å². The first kappa shape index (κ1) is 29.4. The molecule has 4 nitrogen and oxygen atoms in total. The fourth-order valence-electron chi connectivity index (χ4n) is 3.84. The van der Waals surface area contributed by atoms with Gasteiger partial charge in [-0.25, -0.2) is 0 Å². The quantitative estimate of drug-likeness (QED) is 0.215. The predicted molar refractivity (Wildman–Crippen MR) is 156 cm³/mol.